The van der Waals surface area contributed by atoms with E-state index in [1.54, 1.807) is 11.9 Å². The summed E-state index contributed by atoms with van der Waals surface area (Å²) in [6, 6.07) is 5.78. The summed E-state index contributed by atoms with van der Waals surface area (Å²) in [6.07, 6.45) is 6.90. The first-order valence-corrected chi connectivity index (χ1v) is 8.60. The largest absolute Gasteiger partial charge is 0.339 e. The standard InChI is InChI=1S/C20H29N3O2/c1-7-20(8-2,9-3)22-19(25)14-23(6)13-18(24)21-17-12-10-11-15(4)16(17)5/h1,10-12H,8-9,13-14H2,2-6H3,(H,21,24)(H,22,25). The van der Waals surface area contributed by atoms with Crippen LogP contribution in [0.25, 0.3) is 0 Å². The molecule has 0 spiro atoms. The second-order valence-corrected chi connectivity index (χ2v) is 6.45. The number of carbonyl (C=O) groups excluding carboxylic acids is 2. The van der Waals surface area contributed by atoms with E-state index >= 15 is 0 Å². The maximum atomic E-state index is 12.2. The van der Waals surface area contributed by atoms with Gasteiger partial charge in [-0.15, -0.1) is 6.42 Å². The Bertz CT molecular complexity index is 657. The molecule has 5 nitrogen and oxygen atoms in total. The molecule has 0 saturated carbocycles. The first-order valence-electron chi connectivity index (χ1n) is 8.60. The molecule has 0 heterocycles. The van der Waals surface area contributed by atoms with Gasteiger partial charge in [0.05, 0.1) is 13.1 Å². The average Bonchev–Trinajstić information content (AvgIpc) is 2.56. The van der Waals surface area contributed by atoms with Gasteiger partial charge in [-0.3, -0.25) is 14.5 Å². The van der Waals surface area contributed by atoms with Gasteiger partial charge in [0.25, 0.3) is 0 Å². The molecule has 0 atom stereocenters. The third-order valence-corrected chi connectivity index (χ3v) is 4.57. The Labute approximate surface area is 151 Å². The van der Waals surface area contributed by atoms with Crippen molar-refractivity contribution >= 4 is 17.5 Å². The second-order valence-electron chi connectivity index (χ2n) is 6.45. The van der Waals surface area contributed by atoms with Crippen LogP contribution in [0.5, 0.6) is 0 Å². The zero-order chi connectivity index (χ0) is 19.0. The molecule has 0 aliphatic rings. The highest BCUT2D eigenvalue weighted by Gasteiger charge is 2.25. The number of aryl methyl sites for hydroxylation is 1. The van der Waals surface area contributed by atoms with Gasteiger partial charge in [0.1, 0.15) is 5.54 Å². The molecule has 1 aromatic rings. The summed E-state index contributed by atoms with van der Waals surface area (Å²) < 4.78 is 0. The highest BCUT2D eigenvalue weighted by atomic mass is 16.2. The number of nitrogens with zero attached hydrogens (tertiary/aromatic N) is 1. The molecular formula is C20H29N3O2. The molecule has 0 fully saturated rings. The SMILES string of the molecule is C#CC(CC)(CC)NC(=O)CN(C)CC(=O)Nc1cccc(C)c1C. The summed E-state index contributed by atoms with van der Waals surface area (Å²) in [4.78, 5) is 26.1. The third-order valence-electron chi connectivity index (χ3n) is 4.57. The number of benzene rings is 1. The number of hydrogen-bond donors (Lipinski definition) is 2. The van der Waals surface area contributed by atoms with Crippen molar-refractivity contribution in [1.82, 2.24) is 10.2 Å². The zero-order valence-corrected chi connectivity index (χ0v) is 15.9. The van der Waals surface area contributed by atoms with Crippen molar-refractivity contribution in [2.75, 3.05) is 25.5 Å². The summed E-state index contributed by atoms with van der Waals surface area (Å²) in [7, 11) is 1.73. The lowest BCUT2D eigenvalue weighted by atomic mass is 9.94. The Kier molecular flexibility index (Phi) is 7.66. The van der Waals surface area contributed by atoms with Crippen molar-refractivity contribution in [2.45, 2.75) is 46.1 Å². The van der Waals surface area contributed by atoms with Crippen LogP contribution in [0.3, 0.4) is 0 Å². The topological polar surface area (TPSA) is 61.4 Å². The lowest BCUT2D eigenvalue weighted by Gasteiger charge is -2.28. The quantitative estimate of drug-likeness (QED) is 0.713. The van der Waals surface area contributed by atoms with Crippen LogP contribution in [0.4, 0.5) is 5.69 Å². The van der Waals surface area contributed by atoms with Gasteiger partial charge in [-0.2, -0.15) is 0 Å². The number of likely N-dealkylation sites (N-methyl/N-ethyl adjacent to an activating group) is 1. The lowest BCUT2D eigenvalue weighted by Crippen LogP contribution is -2.50. The summed E-state index contributed by atoms with van der Waals surface area (Å²) >= 11 is 0. The fourth-order valence-corrected chi connectivity index (χ4v) is 2.60. The molecule has 25 heavy (non-hydrogen) atoms. The van der Waals surface area contributed by atoms with Crippen LogP contribution in [0.1, 0.15) is 37.8 Å². The predicted molar refractivity (Wildman–Crippen MR) is 102 cm³/mol. The summed E-state index contributed by atoms with van der Waals surface area (Å²) in [5, 5.41) is 5.79. The Morgan fingerprint density at radius 1 is 1.16 bits per heavy atom. The van der Waals surface area contributed by atoms with Gasteiger partial charge in [0, 0.05) is 5.69 Å². The molecule has 0 saturated heterocycles. The Balaban J connectivity index is 2.57. The number of amides is 2. The number of terminal acetylenes is 1. The van der Waals surface area contributed by atoms with Gasteiger partial charge in [0.15, 0.2) is 0 Å². The molecular weight excluding hydrogens is 314 g/mol. The molecule has 2 N–H and O–H groups in total. The number of nitrogens with one attached hydrogen (secondary N) is 2. The van der Waals surface area contributed by atoms with Crippen LogP contribution in [0, 0.1) is 26.2 Å². The van der Waals surface area contributed by atoms with E-state index in [0.29, 0.717) is 12.8 Å². The highest BCUT2D eigenvalue weighted by Crippen LogP contribution is 2.17. The van der Waals surface area contributed by atoms with Gasteiger partial charge in [-0.25, -0.2) is 0 Å². The van der Waals surface area contributed by atoms with Crippen molar-refractivity contribution < 1.29 is 9.59 Å². The minimum absolute atomic E-state index is 0.115. The monoisotopic (exact) mass is 343 g/mol. The van der Waals surface area contributed by atoms with E-state index in [4.69, 9.17) is 6.42 Å². The minimum Gasteiger partial charge on any atom is -0.339 e. The van der Waals surface area contributed by atoms with Crippen molar-refractivity contribution in [2.24, 2.45) is 0 Å². The molecule has 0 unspecified atom stereocenters. The molecule has 0 aromatic heterocycles. The van der Waals surface area contributed by atoms with Gasteiger partial charge in [-0.05, 0) is 50.9 Å². The van der Waals surface area contributed by atoms with E-state index < -0.39 is 5.54 Å². The van der Waals surface area contributed by atoms with Crippen molar-refractivity contribution in [3.63, 3.8) is 0 Å². The van der Waals surface area contributed by atoms with E-state index in [0.717, 1.165) is 16.8 Å². The minimum atomic E-state index is -0.612. The Hall–Kier alpha value is -2.32. The maximum Gasteiger partial charge on any atom is 0.238 e. The summed E-state index contributed by atoms with van der Waals surface area (Å²) in [5.74, 6) is 2.34. The van der Waals surface area contributed by atoms with Crippen molar-refractivity contribution in [3.05, 3.63) is 29.3 Å². The third kappa shape index (κ3) is 5.91. The normalized spacial score (nSPS) is 11.1. The van der Waals surface area contributed by atoms with Gasteiger partial charge >= 0.3 is 0 Å². The molecule has 1 aromatic carbocycles. The van der Waals surface area contributed by atoms with Crippen molar-refractivity contribution in [3.8, 4) is 12.3 Å². The Morgan fingerprint density at radius 2 is 1.76 bits per heavy atom. The van der Waals surface area contributed by atoms with Crippen molar-refractivity contribution in [1.29, 1.82) is 0 Å². The van der Waals surface area contributed by atoms with Gasteiger partial charge in [0.2, 0.25) is 11.8 Å². The second kappa shape index (κ2) is 9.24. The van der Waals surface area contributed by atoms with E-state index in [9.17, 15) is 9.59 Å². The van der Waals surface area contributed by atoms with Crippen LogP contribution >= 0.6 is 0 Å². The molecule has 0 bridgehead atoms. The molecule has 0 aliphatic carbocycles. The first kappa shape index (κ1) is 20.7. The lowest BCUT2D eigenvalue weighted by molar-refractivity contribution is -0.124. The van der Waals surface area contributed by atoms with Crippen LogP contribution in [0.15, 0.2) is 18.2 Å². The first-order chi connectivity index (χ1) is 11.8. The van der Waals surface area contributed by atoms with Crippen LogP contribution in [-0.4, -0.2) is 42.4 Å². The highest BCUT2D eigenvalue weighted by molar-refractivity contribution is 5.93. The molecule has 0 aliphatic heterocycles. The fraction of sp³-hybridized carbons (Fsp3) is 0.500. The maximum absolute atomic E-state index is 12.2. The number of hydrogen-bond acceptors (Lipinski definition) is 3. The van der Waals surface area contributed by atoms with Gasteiger partial charge in [-0.1, -0.05) is 31.9 Å². The number of carbonyl (C=O) groups is 2. The smallest absolute Gasteiger partial charge is 0.238 e. The van der Waals surface area contributed by atoms with Crippen LogP contribution < -0.4 is 10.6 Å². The van der Waals surface area contributed by atoms with E-state index in [-0.39, 0.29) is 24.9 Å². The average molecular weight is 343 g/mol. The molecule has 136 valence electrons. The molecule has 0 radical (unpaired) electrons. The molecule has 2 amide bonds. The zero-order valence-electron chi connectivity index (χ0n) is 15.9. The summed E-state index contributed by atoms with van der Waals surface area (Å²) in [5.41, 5.74) is 2.35. The van der Waals surface area contributed by atoms with E-state index in [1.165, 1.54) is 0 Å². The molecule has 1 rings (SSSR count). The van der Waals surface area contributed by atoms with Crippen LogP contribution in [-0.2, 0) is 9.59 Å². The summed E-state index contributed by atoms with van der Waals surface area (Å²) in [6.45, 7) is 8.11. The van der Waals surface area contributed by atoms with E-state index in [2.05, 4.69) is 16.6 Å². The number of anilines is 1. The Morgan fingerprint density at radius 3 is 2.32 bits per heavy atom. The fourth-order valence-electron chi connectivity index (χ4n) is 2.60. The van der Waals surface area contributed by atoms with Gasteiger partial charge < -0.3 is 10.6 Å². The predicted octanol–water partition coefficient (Wildman–Crippen LogP) is 2.48. The van der Waals surface area contributed by atoms with E-state index in [1.807, 2.05) is 45.9 Å². The molecule has 5 heteroatoms. The van der Waals surface area contributed by atoms with Crippen LogP contribution in [0.2, 0.25) is 0 Å². The number of rotatable bonds is 8.